The largest absolute Gasteiger partial charge is 0.310 e. The topological polar surface area (TPSA) is 12.0 Å². The third kappa shape index (κ3) is 2.81. The van der Waals surface area contributed by atoms with E-state index in [-0.39, 0.29) is 6.04 Å². The second-order valence-corrected chi connectivity index (χ2v) is 5.71. The summed E-state index contributed by atoms with van der Waals surface area (Å²) < 4.78 is 28.0. The summed E-state index contributed by atoms with van der Waals surface area (Å²) in [4.78, 5) is 0. The number of hydrogen-bond donors (Lipinski definition) is 1. The molecular formula is C16H23F2N. The maximum atomic E-state index is 14.2. The first-order chi connectivity index (χ1) is 9.06. The molecule has 1 saturated carbocycles. The van der Waals surface area contributed by atoms with Crippen LogP contribution in [0.25, 0.3) is 0 Å². The van der Waals surface area contributed by atoms with Gasteiger partial charge in [-0.15, -0.1) is 0 Å². The van der Waals surface area contributed by atoms with E-state index in [4.69, 9.17) is 0 Å². The third-order valence-corrected chi connectivity index (χ3v) is 4.42. The van der Waals surface area contributed by atoms with Gasteiger partial charge in [-0.2, -0.15) is 0 Å². The lowest BCUT2D eigenvalue weighted by Crippen LogP contribution is -2.30. The molecule has 3 unspecified atom stereocenters. The van der Waals surface area contributed by atoms with E-state index in [1.807, 2.05) is 6.92 Å². The highest BCUT2D eigenvalue weighted by atomic mass is 19.2. The van der Waals surface area contributed by atoms with Gasteiger partial charge in [0.25, 0.3) is 0 Å². The zero-order valence-corrected chi connectivity index (χ0v) is 12.0. The van der Waals surface area contributed by atoms with Crippen LogP contribution in [-0.4, -0.2) is 6.54 Å². The molecule has 1 aromatic carbocycles. The van der Waals surface area contributed by atoms with Crippen molar-refractivity contribution in [2.45, 2.75) is 46.1 Å². The van der Waals surface area contributed by atoms with Crippen molar-refractivity contribution in [1.29, 1.82) is 0 Å². The van der Waals surface area contributed by atoms with Gasteiger partial charge in [0.05, 0.1) is 0 Å². The molecular weight excluding hydrogens is 244 g/mol. The highest BCUT2D eigenvalue weighted by Crippen LogP contribution is 2.41. The van der Waals surface area contributed by atoms with Crippen LogP contribution in [0.5, 0.6) is 0 Å². The minimum Gasteiger partial charge on any atom is -0.310 e. The number of rotatable bonds is 4. The van der Waals surface area contributed by atoms with Crippen molar-refractivity contribution in [3.63, 3.8) is 0 Å². The molecule has 0 spiro atoms. The molecule has 1 N–H and O–H groups in total. The highest BCUT2D eigenvalue weighted by Gasteiger charge is 2.33. The number of halogens is 2. The van der Waals surface area contributed by atoms with E-state index in [0.29, 0.717) is 23.0 Å². The quantitative estimate of drug-likeness (QED) is 0.854. The normalized spacial score (nSPS) is 24.7. The predicted molar refractivity (Wildman–Crippen MR) is 74.0 cm³/mol. The molecule has 106 valence electrons. The summed E-state index contributed by atoms with van der Waals surface area (Å²) in [7, 11) is 0. The van der Waals surface area contributed by atoms with Crippen LogP contribution in [0.1, 0.15) is 50.3 Å². The van der Waals surface area contributed by atoms with E-state index < -0.39 is 11.6 Å². The molecule has 1 fully saturated rings. The smallest absolute Gasteiger partial charge is 0.163 e. The molecule has 0 saturated heterocycles. The first-order valence-electron chi connectivity index (χ1n) is 7.24. The molecule has 0 aliphatic heterocycles. The maximum Gasteiger partial charge on any atom is 0.163 e. The van der Waals surface area contributed by atoms with Crippen LogP contribution >= 0.6 is 0 Å². The van der Waals surface area contributed by atoms with Crippen LogP contribution in [-0.2, 0) is 0 Å². The zero-order valence-electron chi connectivity index (χ0n) is 12.0. The second kappa shape index (κ2) is 6.00. The molecule has 0 heterocycles. The molecule has 2 rings (SSSR count). The Morgan fingerprint density at radius 2 is 2.00 bits per heavy atom. The first-order valence-corrected chi connectivity index (χ1v) is 7.24. The summed E-state index contributed by atoms with van der Waals surface area (Å²) in [6, 6.07) is 3.35. The molecule has 1 aromatic rings. The van der Waals surface area contributed by atoms with Gasteiger partial charge in [0, 0.05) is 11.6 Å². The second-order valence-electron chi connectivity index (χ2n) is 5.71. The Balaban J connectivity index is 2.36. The van der Waals surface area contributed by atoms with Crippen LogP contribution in [0.15, 0.2) is 12.1 Å². The van der Waals surface area contributed by atoms with E-state index >= 15 is 0 Å². The number of aryl methyl sites for hydroxylation is 1. The highest BCUT2D eigenvalue weighted by molar-refractivity contribution is 5.28. The molecule has 0 radical (unpaired) electrons. The standard InChI is InChI=1S/C16H23F2N/c1-4-19-16(12-7-5-6-10(12)2)13-9-8-11(3)14(17)15(13)18/h8-10,12,16,19H,4-7H2,1-3H3. The minimum atomic E-state index is -0.703. The average molecular weight is 267 g/mol. The maximum absolute atomic E-state index is 14.2. The summed E-state index contributed by atoms with van der Waals surface area (Å²) in [5.41, 5.74) is 0.861. The third-order valence-electron chi connectivity index (χ3n) is 4.42. The molecule has 3 heteroatoms. The molecule has 0 amide bonds. The average Bonchev–Trinajstić information content (AvgIpc) is 2.80. The summed E-state index contributed by atoms with van der Waals surface area (Å²) in [5.74, 6) is -0.416. The molecule has 0 aromatic heterocycles. The van der Waals surface area contributed by atoms with Gasteiger partial charge in [-0.1, -0.05) is 38.8 Å². The Bertz CT molecular complexity index is 445. The van der Waals surface area contributed by atoms with Gasteiger partial charge < -0.3 is 5.32 Å². The van der Waals surface area contributed by atoms with Crippen molar-refractivity contribution in [1.82, 2.24) is 5.32 Å². The molecule has 1 aliphatic rings. The summed E-state index contributed by atoms with van der Waals surface area (Å²) in [6.07, 6.45) is 3.46. The molecule has 0 bridgehead atoms. The minimum absolute atomic E-state index is 0.0717. The van der Waals surface area contributed by atoms with Crippen LogP contribution < -0.4 is 5.32 Å². The summed E-state index contributed by atoms with van der Waals surface area (Å²) in [6.45, 7) is 6.59. The van der Waals surface area contributed by atoms with E-state index in [1.54, 1.807) is 19.1 Å². The summed E-state index contributed by atoms with van der Waals surface area (Å²) >= 11 is 0. The van der Waals surface area contributed by atoms with Crippen molar-refractivity contribution >= 4 is 0 Å². The zero-order chi connectivity index (χ0) is 14.0. The lowest BCUT2D eigenvalue weighted by Gasteiger charge is -2.28. The van der Waals surface area contributed by atoms with Gasteiger partial charge in [-0.3, -0.25) is 0 Å². The Kier molecular flexibility index (Phi) is 4.56. The van der Waals surface area contributed by atoms with Gasteiger partial charge in [-0.25, -0.2) is 8.78 Å². The van der Waals surface area contributed by atoms with Gasteiger partial charge in [-0.05, 0) is 37.3 Å². The van der Waals surface area contributed by atoms with Crippen LogP contribution in [0.2, 0.25) is 0 Å². The van der Waals surface area contributed by atoms with Crippen LogP contribution in [0.3, 0.4) is 0 Å². The van der Waals surface area contributed by atoms with E-state index in [9.17, 15) is 8.78 Å². The lowest BCUT2D eigenvalue weighted by molar-refractivity contribution is 0.296. The van der Waals surface area contributed by atoms with Gasteiger partial charge in [0.2, 0.25) is 0 Å². The van der Waals surface area contributed by atoms with Gasteiger partial charge >= 0.3 is 0 Å². The fourth-order valence-electron chi connectivity index (χ4n) is 3.28. The summed E-state index contributed by atoms with van der Waals surface area (Å²) in [5, 5.41) is 3.35. The Morgan fingerprint density at radius 3 is 2.58 bits per heavy atom. The Labute approximate surface area is 114 Å². The monoisotopic (exact) mass is 267 g/mol. The SMILES string of the molecule is CCNC(c1ccc(C)c(F)c1F)C1CCCC1C. The Hall–Kier alpha value is -0.960. The van der Waals surface area contributed by atoms with E-state index in [0.717, 1.165) is 13.0 Å². The van der Waals surface area contributed by atoms with Gasteiger partial charge in [0.15, 0.2) is 11.6 Å². The molecule has 19 heavy (non-hydrogen) atoms. The van der Waals surface area contributed by atoms with Gasteiger partial charge in [0.1, 0.15) is 0 Å². The molecule has 1 aliphatic carbocycles. The van der Waals surface area contributed by atoms with Crippen LogP contribution in [0, 0.1) is 30.4 Å². The Morgan fingerprint density at radius 1 is 1.26 bits per heavy atom. The lowest BCUT2D eigenvalue weighted by atomic mass is 9.85. The number of benzene rings is 1. The van der Waals surface area contributed by atoms with Crippen molar-refractivity contribution < 1.29 is 8.78 Å². The fraction of sp³-hybridized carbons (Fsp3) is 0.625. The van der Waals surface area contributed by atoms with E-state index in [2.05, 4.69) is 12.2 Å². The first kappa shape index (κ1) is 14.4. The van der Waals surface area contributed by atoms with Crippen LogP contribution in [0.4, 0.5) is 8.78 Å². The molecule has 3 atom stereocenters. The number of hydrogen-bond acceptors (Lipinski definition) is 1. The van der Waals surface area contributed by atoms with Crippen molar-refractivity contribution in [3.05, 3.63) is 34.9 Å². The van der Waals surface area contributed by atoms with Crippen molar-refractivity contribution in [3.8, 4) is 0 Å². The van der Waals surface area contributed by atoms with Crippen molar-refractivity contribution in [2.75, 3.05) is 6.54 Å². The van der Waals surface area contributed by atoms with E-state index in [1.165, 1.54) is 12.8 Å². The molecule has 1 nitrogen and oxygen atoms in total. The predicted octanol–water partition coefficient (Wildman–Crippen LogP) is 4.36. The van der Waals surface area contributed by atoms with Crippen molar-refractivity contribution in [2.24, 2.45) is 11.8 Å². The number of nitrogens with one attached hydrogen (secondary N) is 1. The fourth-order valence-corrected chi connectivity index (χ4v) is 3.28.